The average Bonchev–Trinajstić information content (AvgIpc) is 2.94. The zero-order valence-electron chi connectivity index (χ0n) is 11.3. The quantitative estimate of drug-likeness (QED) is 0.874. The number of carbonyl (C=O) groups is 1. The topological polar surface area (TPSA) is 32.3 Å². The van der Waals surface area contributed by atoms with Crippen molar-refractivity contribution in [2.24, 2.45) is 0 Å². The van der Waals surface area contributed by atoms with Crippen LogP contribution in [0.5, 0.6) is 0 Å². The first-order chi connectivity index (χ1) is 9.69. The number of halogens is 1. The summed E-state index contributed by atoms with van der Waals surface area (Å²) in [5.41, 5.74) is 0.601. The molecule has 1 aromatic heterocycles. The molecule has 0 aliphatic rings. The summed E-state index contributed by atoms with van der Waals surface area (Å²) in [6.07, 6.45) is 0.891. The van der Waals surface area contributed by atoms with Gasteiger partial charge in [0.25, 0.3) is 0 Å². The monoisotopic (exact) mass is 292 g/mol. The van der Waals surface area contributed by atoms with E-state index in [-0.39, 0.29) is 11.8 Å². The summed E-state index contributed by atoms with van der Waals surface area (Å²) in [7, 11) is 0. The SMILES string of the molecule is CCCN(Cc1cccs1)C(=O)Nc1ccc(F)cc1. The molecule has 20 heavy (non-hydrogen) atoms. The van der Waals surface area contributed by atoms with Crippen LogP contribution in [0.4, 0.5) is 14.9 Å². The minimum absolute atomic E-state index is 0.160. The maximum Gasteiger partial charge on any atom is 0.322 e. The summed E-state index contributed by atoms with van der Waals surface area (Å²) in [5, 5.41) is 4.79. The van der Waals surface area contributed by atoms with Crippen molar-refractivity contribution in [2.75, 3.05) is 11.9 Å². The summed E-state index contributed by atoms with van der Waals surface area (Å²) in [6.45, 7) is 3.32. The molecular formula is C15H17FN2OS. The predicted octanol–water partition coefficient (Wildman–Crippen LogP) is 4.33. The molecule has 2 rings (SSSR count). The zero-order chi connectivity index (χ0) is 14.4. The van der Waals surface area contributed by atoms with Crippen LogP contribution in [-0.2, 0) is 6.54 Å². The molecule has 1 aromatic carbocycles. The van der Waals surface area contributed by atoms with Crippen LogP contribution in [0, 0.1) is 5.82 Å². The van der Waals surface area contributed by atoms with Crippen molar-refractivity contribution >= 4 is 23.1 Å². The maximum absolute atomic E-state index is 12.8. The van der Waals surface area contributed by atoms with Gasteiger partial charge >= 0.3 is 6.03 Å². The van der Waals surface area contributed by atoms with Gasteiger partial charge in [-0.1, -0.05) is 13.0 Å². The summed E-state index contributed by atoms with van der Waals surface area (Å²) in [6, 6.07) is 9.61. The molecule has 0 bridgehead atoms. The van der Waals surface area contributed by atoms with Gasteiger partial charge in [-0.15, -0.1) is 11.3 Å². The average molecular weight is 292 g/mol. The number of hydrogen-bond donors (Lipinski definition) is 1. The van der Waals surface area contributed by atoms with E-state index in [0.29, 0.717) is 18.8 Å². The smallest absolute Gasteiger partial charge is 0.319 e. The van der Waals surface area contributed by atoms with Crippen LogP contribution in [-0.4, -0.2) is 17.5 Å². The van der Waals surface area contributed by atoms with Crippen LogP contribution >= 0.6 is 11.3 Å². The van der Waals surface area contributed by atoms with Gasteiger partial charge < -0.3 is 10.2 Å². The van der Waals surface area contributed by atoms with E-state index in [0.717, 1.165) is 11.3 Å². The second-order valence-corrected chi connectivity index (χ2v) is 5.47. The predicted molar refractivity (Wildman–Crippen MR) is 80.4 cm³/mol. The maximum atomic E-state index is 12.8. The Hall–Kier alpha value is -1.88. The molecule has 1 N–H and O–H groups in total. The fraction of sp³-hybridized carbons (Fsp3) is 0.267. The molecular weight excluding hydrogens is 275 g/mol. The molecule has 1 heterocycles. The molecule has 0 aliphatic carbocycles. The van der Waals surface area contributed by atoms with E-state index in [2.05, 4.69) is 5.32 Å². The number of thiophene rings is 1. The lowest BCUT2D eigenvalue weighted by Gasteiger charge is -2.22. The largest absolute Gasteiger partial charge is 0.322 e. The summed E-state index contributed by atoms with van der Waals surface area (Å²) in [5.74, 6) is -0.313. The normalized spacial score (nSPS) is 10.3. The molecule has 0 fully saturated rings. The van der Waals surface area contributed by atoms with Gasteiger partial charge in [0.1, 0.15) is 5.82 Å². The highest BCUT2D eigenvalue weighted by molar-refractivity contribution is 7.09. The van der Waals surface area contributed by atoms with Crippen molar-refractivity contribution in [3.05, 3.63) is 52.5 Å². The van der Waals surface area contributed by atoms with Gasteiger partial charge in [0, 0.05) is 17.1 Å². The van der Waals surface area contributed by atoms with Gasteiger partial charge in [0.2, 0.25) is 0 Å². The van der Waals surface area contributed by atoms with Crippen LogP contribution in [0.25, 0.3) is 0 Å². The van der Waals surface area contributed by atoms with Crippen molar-refractivity contribution in [3.63, 3.8) is 0 Å². The minimum Gasteiger partial charge on any atom is -0.319 e. The van der Waals surface area contributed by atoms with Crippen LogP contribution in [0.15, 0.2) is 41.8 Å². The number of amides is 2. The van der Waals surface area contributed by atoms with Gasteiger partial charge in [0.15, 0.2) is 0 Å². The molecule has 0 saturated heterocycles. The van der Waals surface area contributed by atoms with E-state index in [1.54, 1.807) is 28.4 Å². The summed E-state index contributed by atoms with van der Waals surface area (Å²) >= 11 is 1.63. The van der Waals surface area contributed by atoms with Crippen LogP contribution in [0.1, 0.15) is 18.2 Å². The third-order valence-electron chi connectivity index (χ3n) is 2.80. The van der Waals surface area contributed by atoms with Crippen LogP contribution < -0.4 is 5.32 Å². The molecule has 3 nitrogen and oxygen atoms in total. The highest BCUT2D eigenvalue weighted by Crippen LogP contribution is 2.14. The van der Waals surface area contributed by atoms with E-state index >= 15 is 0 Å². The lowest BCUT2D eigenvalue weighted by molar-refractivity contribution is 0.209. The number of nitrogens with zero attached hydrogens (tertiary/aromatic N) is 1. The highest BCUT2D eigenvalue weighted by Gasteiger charge is 2.13. The number of nitrogens with one attached hydrogen (secondary N) is 1. The summed E-state index contributed by atoms with van der Waals surface area (Å²) in [4.78, 5) is 15.1. The first kappa shape index (κ1) is 14.5. The van der Waals surface area contributed by atoms with Crippen molar-refractivity contribution in [1.82, 2.24) is 4.90 Å². The van der Waals surface area contributed by atoms with E-state index in [1.165, 1.54) is 12.1 Å². The van der Waals surface area contributed by atoms with Crippen molar-refractivity contribution in [2.45, 2.75) is 19.9 Å². The number of rotatable bonds is 5. The Balaban J connectivity index is 2.01. The van der Waals surface area contributed by atoms with E-state index in [9.17, 15) is 9.18 Å². The standard InChI is InChI=1S/C15H17FN2OS/c1-2-9-18(11-14-4-3-10-20-14)15(19)17-13-7-5-12(16)6-8-13/h3-8,10H,2,9,11H2,1H3,(H,17,19). The Morgan fingerprint density at radius 3 is 2.65 bits per heavy atom. The second-order valence-electron chi connectivity index (χ2n) is 4.44. The van der Waals surface area contributed by atoms with Gasteiger partial charge in [0.05, 0.1) is 6.54 Å². The van der Waals surface area contributed by atoms with Crippen molar-refractivity contribution in [3.8, 4) is 0 Å². The minimum atomic E-state index is -0.313. The van der Waals surface area contributed by atoms with E-state index in [1.807, 2.05) is 24.4 Å². The summed E-state index contributed by atoms with van der Waals surface area (Å²) < 4.78 is 12.8. The number of carbonyl (C=O) groups excluding carboxylic acids is 1. The van der Waals surface area contributed by atoms with Gasteiger partial charge in [-0.05, 0) is 42.1 Å². The van der Waals surface area contributed by atoms with E-state index in [4.69, 9.17) is 0 Å². The molecule has 0 atom stereocenters. The third kappa shape index (κ3) is 4.06. The molecule has 106 valence electrons. The number of urea groups is 1. The lowest BCUT2D eigenvalue weighted by atomic mass is 10.3. The lowest BCUT2D eigenvalue weighted by Crippen LogP contribution is -2.34. The Morgan fingerprint density at radius 1 is 1.30 bits per heavy atom. The number of hydrogen-bond acceptors (Lipinski definition) is 2. The highest BCUT2D eigenvalue weighted by atomic mass is 32.1. The zero-order valence-corrected chi connectivity index (χ0v) is 12.1. The first-order valence-electron chi connectivity index (χ1n) is 6.53. The molecule has 0 radical (unpaired) electrons. The Bertz CT molecular complexity index is 540. The molecule has 5 heteroatoms. The van der Waals surface area contributed by atoms with Crippen molar-refractivity contribution in [1.29, 1.82) is 0 Å². The van der Waals surface area contributed by atoms with Crippen molar-refractivity contribution < 1.29 is 9.18 Å². The Kier molecular flexibility index (Phi) is 5.12. The van der Waals surface area contributed by atoms with Gasteiger partial charge in [-0.2, -0.15) is 0 Å². The van der Waals surface area contributed by atoms with E-state index < -0.39 is 0 Å². The van der Waals surface area contributed by atoms with Gasteiger partial charge in [-0.25, -0.2) is 9.18 Å². The molecule has 0 spiro atoms. The van der Waals surface area contributed by atoms with Crippen LogP contribution in [0.3, 0.4) is 0 Å². The Labute approximate surface area is 122 Å². The van der Waals surface area contributed by atoms with Gasteiger partial charge in [-0.3, -0.25) is 0 Å². The molecule has 2 amide bonds. The molecule has 2 aromatic rings. The second kappa shape index (κ2) is 7.05. The fourth-order valence-corrected chi connectivity index (χ4v) is 2.57. The fourth-order valence-electron chi connectivity index (χ4n) is 1.85. The third-order valence-corrected chi connectivity index (χ3v) is 3.66. The number of anilines is 1. The molecule has 0 saturated carbocycles. The Morgan fingerprint density at radius 2 is 2.05 bits per heavy atom. The van der Waals surface area contributed by atoms with Crippen LogP contribution in [0.2, 0.25) is 0 Å². The first-order valence-corrected chi connectivity index (χ1v) is 7.41. The molecule has 0 aliphatic heterocycles. The molecule has 0 unspecified atom stereocenters. The number of benzene rings is 1.